The molecular formula is C6H10N2O3. The number of nitrogens with one attached hydrogen (secondary N) is 2. The van der Waals surface area contributed by atoms with Crippen LogP contribution in [-0.2, 0) is 0 Å². The maximum absolute atomic E-state index is 10.3. The van der Waals surface area contributed by atoms with Crippen LogP contribution in [0.1, 0.15) is 13.8 Å². The van der Waals surface area contributed by atoms with Crippen molar-refractivity contribution in [3.8, 4) is 5.88 Å². The predicted octanol–water partition coefficient (Wildman–Crippen LogP) is -0.205. The van der Waals surface area contributed by atoms with Crippen molar-refractivity contribution in [2.24, 2.45) is 0 Å². The minimum absolute atomic E-state index is 0.427. The van der Waals surface area contributed by atoms with Gasteiger partial charge >= 0.3 is 5.69 Å². The molecule has 0 aliphatic carbocycles. The fraction of sp³-hybridized carbons (Fsp3) is 0.333. The Balaban J connectivity index is 0.000000461. The van der Waals surface area contributed by atoms with Gasteiger partial charge in [0.1, 0.15) is 0 Å². The summed E-state index contributed by atoms with van der Waals surface area (Å²) < 4.78 is 0. The molecule has 1 rings (SSSR count). The standard InChI is InChI=1S/C4H4N2O3.C2H6/c7-2-1-3(8)6-4(9)5-2;1-2/h1H,(H3,5,6,7,8,9);1-2H3. The van der Waals surface area contributed by atoms with Crippen molar-refractivity contribution in [2.45, 2.75) is 13.8 Å². The van der Waals surface area contributed by atoms with E-state index in [1.54, 1.807) is 0 Å². The van der Waals surface area contributed by atoms with Crippen LogP contribution in [0.5, 0.6) is 5.88 Å². The monoisotopic (exact) mass is 158 g/mol. The van der Waals surface area contributed by atoms with Crippen LogP contribution in [0.25, 0.3) is 0 Å². The fourth-order valence-electron chi connectivity index (χ4n) is 0.456. The second-order valence-electron chi connectivity index (χ2n) is 1.47. The smallest absolute Gasteiger partial charge is 0.328 e. The van der Waals surface area contributed by atoms with Gasteiger partial charge in [0.05, 0.1) is 6.07 Å². The van der Waals surface area contributed by atoms with Crippen LogP contribution in [0.15, 0.2) is 15.7 Å². The zero-order valence-electron chi connectivity index (χ0n) is 6.34. The van der Waals surface area contributed by atoms with Gasteiger partial charge in [-0.15, -0.1) is 0 Å². The minimum atomic E-state index is -0.708. The molecular weight excluding hydrogens is 148 g/mol. The maximum Gasteiger partial charge on any atom is 0.328 e. The van der Waals surface area contributed by atoms with E-state index in [-0.39, 0.29) is 0 Å². The van der Waals surface area contributed by atoms with Gasteiger partial charge in [-0.05, 0) is 0 Å². The van der Waals surface area contributed by atoms with Crippen LogP contribution < -0.4 is 11.2 Å². The molecule has 11 heavy (non-hydrogen) atoms. The molecule has 0 fully saturated rings. The Morgan fingerprint density at radius 1 is 1.27 bits per heavy atom. The molecule has 0 saturated heterocycles. The summed E-state index contributed by atoms with van der Waals surface area (Å²) in [6, 6.07) is 0.876. The highest BCUT2D eigenvalue weighted by molar-refractivity contribution is 5.01. The van der Waals surface area contributed by atoms with Crippen LogP contribution in [0.4, 0.5) is 0 Å². The SMILES string of the molecule is CC.O=c1cc(O)[nH]c(=O)[nH]1. The number of aromatic nitrogens is 2. The van der Waals surface area contributed by atoms with Crippen molar-refractivity contribution in [2.75, 3.05) is 0 Å². The molecule has 0 spiro atoms. The number of aromatic hydroxyl groups is 1. The molecule has 0 amide bonds. The zero-order chi connectivity index (χ0) is 8.85. The van der Waals surface area contributed by atoms with Gasteiger partial charge in [0.2, 0.25) is 0 Å². The zero-order valence-corrected chi connectivity index (χ0v) is 6.34. The molecule has 0 aromatic carbocycles. The van der Waals surface area contributed by atoms with Crippen molar-refractivity contribution < 1.29 is 5.11 Å². The molecule has 0 atom stereocenters. The summed E-state index contributed by atoms with van der Waals surface area (Å²) in [5.41, 5.74) is -1.32. The Labute approximate surface area is 62.7 Å². The van der Waals surface area contributed by atoms with Gasteiger partial charge in [0, 0.05) is 0 Å². The number of H-pyrrole nitrogens is 2. The van der Waals surface area contributed by atoms with E-state index in [0.717, 1.165) is 6.07 Å². The van der Waals surface area contributed by atoms with Gasteiger partial charge in [-0.25, -0.2) is 4.79 Å². The molecule has 0 unspecified atom stereocenters. The molecule has 62 valence electrons. The normalized spacial score (nSPS) is 8.18. The van der Waals surface area contributed by atoms with E-state index in [4.69, 9.17) is 5.11 Å². The van der Waals surface area contributed by atoms with Crippen LogP contribution >= 0.6 is 0 Å². The molecule has 5 heteroatoms. The summed E-state index contributed by atoms with van der Waals surface area (Å²) in [7, 11) is 0. The summed E-state index contributed by atoms with van der Waals surface area (Å²) in [5.74, 6) is -0.427. The third-order valence-corrected chi connectivity index (χ3v) is 0.746. The first kappa shape index (κ1) is 9.48. The van der Waals surface area contributed by atoms with Crippen molar-refractivity contribution in [1.29, 1.82) is 0 Å². The van der Waals surface area contributed by atoms with E-state index in [0.29, 0.717) is 0 Å². The third-order valence-electron chi connectivity index (χ3n) is 0.746. The summed E-state index contributed by atoms with van der Waals surface area (Å²) in [6.07, 6.45) is 0. The molecule has 5 nitrogen and oxygen atoms in total. The first-order valence-corrected chi connectivity index (χ1v) is 3.21. The summed E-state index contributed by atoms with van der Waals surface area (Å²) in [4.78, 5) is 24.4. The lowest BCUT2D eigenvalue weighted by Crippen LogP contribution is -2.19. The molecule has 1 aromatic rings. The summed E-state index contributed by atoms with van der Waals surface area (Å²) in [5, 5.41) is 8.52. The van der Waals surface area contributed by atoms with Crippen molar-refractivity contribution in [3.05, 3.63) is 26.9 Å². The average molecular weight is 158 g/mol. The van der Waals surface area contributed by atoms with Crippen molar-refractivity contribution >= 4 is 0 Å². The van der Waals surface area contributed by atoms with E-state index in [1.165, 1.54) is 0 Å². The molecule has 0 saturated carbocycles. The average Bonchev–Trinajstić information content (AvgIpc) is 1.88. The Kier molecular flexibility index (Phi) is 3.72. The Morgan fingerprint density at radius 3 is 2.18 bits per heavy atom. The van der Waals surface area contributed by atoms with Crippen molar-refractivity contribution in [3.63, 3.8) is 0 Å². The summed E-state index contributed by atoms with van der Waals surface area (Å²) in [6.45, 7) is 4.00. The molecule has 1 heterocycles. The van der Waals surface area contributed by atoms with Gasteiger partial charge in [0.25, 0.3) is 5.56 Å². The topological polar surface area (TPSA) is 85.9 Å². The highest BCUT2D eigenvalue weighted by Gasteiger charge is 1.88. The Hall–Kier alpha value is -1.52. The Morgan fingerprint density at radius 2 is 1.82 bits per heavy atom. The molecule has 0 bridgehead atoms. The van der Waals surface area contributed by atoms with Crippen LogP contribution in [-0.4, -0.2) is 15.1 Å². The van der Waals surface area contributed by atoms with E-state index in [9.17, 15) is 9.59 Å². The van der Waals surface area contributed by atoms with E-state index in [2.05, 4.69) is 0 Å². The van der Waals surface area contributed by atoms with Gasteiger partial charge in [-0.3, -0.25) is 14.8 Å². The molecule has 3 N–H and O–H groups in total. The number of rotatable bonds is 0. The highest BCUT2D eigenvalue weighted by Crippen LogP contribution is 1.87. The number of hydrogen-bond acceptors (Lipinski definition) is 3. The number of aromatic amines is 2. The second kappa shape index (κ2) is 4.32. The van der Waals surface area contributed by atoms with E-state index in [1.807, 2.05) is 23.8 Å². The van der Waals surface area contributed by atoms with Gasteiger partial charge in [-0.1, -0.05) is 13.8 Å². The van der Waals surface area contributed by atoms with Gasteiger partial charge < -0.3 is 5.11 Å². The quantitative estimate of drug-likeness (QED) is 0.488. The lowest BCUT2D eigenvalue weighted by Gasteiger charge is -1.84. The lowest BCUT2D eigenvalue weighted by molar-refractivity contribution is 0.448. The van der Waals surface area contributed by atoms with Gasteiger partial charge in [0.15, 0.2) is 5.88 Å². The van der Waals surface area contributed by atoms with Crippen LogP contribution in [0.2, 0.25) is 0 Å². The fourth-order valence-corrected chi connectivity index (χ4v) is 0.456. The van der Waals surface area contributed by atoms with E-state index < -0.39 is 17.1 Å². The van der Waals surface area contributed by atoms with Crippen LogP contribution in [0.3, 0.4) is 0 Å². The molecule has 0 aliphatic rings. The molecule has 0 radical (unpaired) electrons. The predicted molar refractivity (Wildman–Crippen MR) is 40.7 cm³/mol. The van der Waals surface area contributed by atoms with Crippen molar-refractivity contribution in [1.82, 2.24) is 9.97 Å². The lowest BCUT2D eigenvalue weighted by atomic mass is 10.6. The summed E-state index contributed by atoms with van der Waals surface area (Å²) >= 11 is 0. The Bertz CT molecular complexity index is 284. The largest absolute Gasteiger partial charge is 0.494 e. The first-order chi connectivity index (χ1) is 5.18. The first-order valence-electron chi connectivity index (χ1n) is 3.21. The number of hydrogen-bond donors (Lipinski definition) is 3. The minimum Gasteiger partial charge on any atom is -0.494 e. The molecule has 0 aliphatic heterocycles. The highest BCUT2D eigenvalue weighted by atomic mass is 16.3. The molecule has 1 aromatic heterocycles. The van der Waals surface area contributed by atoms with Gasteiger partial charge in [-0.2, -0.15) is 0 Å². The third kappa shape index (κ3) is 3.24. The maximum atomic E-state index is 10.3. The van der Waals surface area contributed by atoms with E-state index >= 15 is 0 Å². The van der Waals surface area contributed by atoms with Crippen LogP contribution in [0, 0.1) is 0 Å². The second-order valence-corrected chi connectivity index (χ2v) is 1.47.